The summed E-state index contributed by atoms with van der Waals surface area (Å²) >= 11 is 0. The number of hydrogen-bond acceptors (Lipinski definition) is 5. The normalized spacial score (nSPS) is 10.4. The number of aromatic nitrogens is 4. The zero-order valence-electron chi connectivity index (χ0n) is 13.9. The minimum Gasteiger partial charge on any atom is -0.497 e. The van der Waals surface area contributed by atoms with E-state index in [2.05, 4.69) is 20.6 Å². The van der Waals surface area contributed by atoms with Crippen LogP contribution in [0.1, 0.15) is 17.7 Å². The average Bonchev–Trinajstić information content (AvgIpc) is 3.15. The Morgan fingerprint density at radius 1 is 1.16 bits per heavy atom. The predicted octanol–water partition coefficient (Wildman–Crippen LogP) is 1.92. The molecule has 0 spiro atoms. The van der Waals surface area contributed by atoms with Gasteiger partial charge in [0.1, 0.15) is 11.4 Å². The molecule has 1 N–H and O–H groups in total. The van der Waals surface area contributed by atoms with Crippen molar-refractivity contribution in [3.05, 3.63) is 66.2 Å². The van der Waals surface area contributed by atoms with Gasteiger partial charge in [0.05, 0.1) is 25.5 Å². The fraction of sp³-hybridized carbons (Fsp3) is 0.222. The van der Waals surface area contributed by atoms with Crippen molar-refractivity contribution in [1.82, 2.24) is 25.3 Å². The summed E-state index contributed by atoms with van der Waals surface area (Å²) < 4.78 is 6.77. The Kier molecular flexibility index (Phi) is 5.36. The second-order valence-corrected chi connectivity index (χ2v) is 5.48. The lowest BCUT2D eigenvalue weighted by molar-refractivity contribution is -0.121. The fourth-order valence-corrected chi connectivity index (χ4v) is 2.33. The summed E-state index contributed by atoms with van der Waals surface area (Å²) in [6.45, 7) is 0.354. The first-order valence-electron chi connectivity index (χ1n) is 7.96. The standard InChI is InChI=1S/C18H19N5O2/c1-25-17-5-2-14(3-6-17)4-7-18(24)20-12-15-13-23(22-21-15)16-8-10-19-11-9-16/h2-3,5-6,8-11,13H,4,7,12H2,1H3,(H,20,24). The van der Waals surface area contributed by atoms with Crippen molar-refractivity contribution in [1.29, 1.82) is 0 Å². The number of carbonyl (C=O) groups is 1. The largest absolute Gasteiger partial charge is 0.497 e. The first-order chi connectivity index (χ1) is 12.2. The smallest absolute Gasteiger partial charge is 0.220 e. The van der Waals surface area contributed by atoms with E-state index in [-0.39, 0.29) is 5.91 Å². The molecule has 0 saturated carbocycles. The Labute approximate surface area is 145 Å². The maximum atomic E-state index is 12.0. The molecular formula is C18H19N5O2. The molecule has 128 valence electrons. The van der Waals surface area contributed by atoms with E-state index < -0.39 is 0 Å². The quantitative estimate of drug-likeness (QED) is 0.712. The second kappa shape index (κ2) is 8.05. The molecule has 3 rings (SSSR count). The van der Waals surface area contributed by atoms with Crippen LogP contribution in [0.2, 0.25) is 0 Å². The summed E-state index contributed by atoms with van der Waals surface area (Å²) in [7, 11) is 1.63. The van der Waals surface area contributed by atoms with E-state index in [0.717, 1.165) is 17.0 Å². The molecular weight excluding hydrogens is 318 g/mol. The van der Waals surface area contributed by atoms with Crippen molar-refractivity contribution >= 4 is 5.91 Å². The molecule has 1 amide bonds. The molecule has 7 nitrogen and oxygen atoms in total. The molecule has 0 aliphatic carbocycles. The van der Waals surface area contributed by atoms with E-state index in [1.165, 1.54) is 0 Å². The van der Waals surface area contributed by atoms with Crippen LogP contribution in [-0.2, 0) is 17.8 Å². The van der Waals surface area contributed by atoms with Crippen molar-refractivity contribution in [3.8, 4) is 11.4 Å². The van der Waals surface area contributed by atoms with Crippen LogP contribution in [-0.4, -0.2) is 33.0 Å². The van der Waals surface area contributed by atoms with Gasteiger partial charge in [-0.1, -0.05) is 17.3 Å². The maximum absolute atomic E-state index is 12.0. The molecule has 7 heteroatoms. The van der Waals surface area contributed by atoms with Gasteiger partial charge < -0.3 is 10.1 Å². The lowest BCUT2D eigenvalue weighted by atomic mass is 10.1. The Morgan fingerprint density at radius 2 is 1.92 bits per heavy atom. The number of aryl methyl sites for hydroxylation is 1. The van der Waals surface area contributed by atoms with E-state index in [0.29, 0.717) is 25.1 Å². The molecule has 0 fully saturated rings. The van der Waals surface area contributed by atoms with Gasteiger partial charge in [0.25, 0.3) is 0 Å². The van der Waals surface area contributed by atoms with Crippen molar-refractivity contribution in [2.45, 2.75) is 19.4 Å². The minimum atomic E-state index is -0.0192. The lowest BCUT2D eigenvalue weighted by Gasteiger charge is -2.04. The molecule has 0 unspecified atom stereocenters. The Bertz CT molecular complexity index is 815. The molecule has 2 heterocycles. The van der Waals surface area contributed by atoms with Crippen LogP contribution in [0.5, 0.6) is 5.75 Å². The SMILES string of the molecule is COc1ccc(CCC(=O)NCc2cn(-c3ccncc3)nn2)cc1. The Hall–Kier alpha value is -3.22. The van der Waals surface area contributed by atoms with E-state index in [4.69, 9.17) is 4.74 Å². The number of amides is 1. The number of benzene rings is 1. The molecule has 0 saturated heterocycles. The summed E-state index contributed by atoms with van der Waals surface area (Å²) in [4.78, 5) is 16.0. The van der Waals surface area contributed by atoms with Crippen LogP contribution in [0.15, 0.2) is 55.0 Å². The highest BCUT2D eigenvalue weighted by molar-refractivity contribution is 5.76. The first kappa shape index (κ1) is 16.6. The van der Waals surface area contributed by atoms with E-state index >= 15 is 0 Å². The summed E-state index contributed by atoms with van der Waals surface area (Å²) in [6.07, 6.45) is 6.28. The van der Waals surface area contributed by atoms with Gasteiger partial charge in [0.2, 0.25) is 5.91 Å². The topological polar surface area (TPSA) is 81.9 Å². The third-order valence-electron chi connectivity index (χ3n) is 3.73. The lowest BCUT2D eigenvalue weighted by Crippen LogP contribution is -2.23. The van der Waals surface area contributed by atoms with Gasteiger partial charge in [0, 0.05) is 18.8 Å². The van der Waals surface area contributed by atoms with E-state index in [9.17, 15) is 4.79 Å². The molecule has 0 aliphatic rings. The number of ether oxygens (including phenoxy) is 1. The van der Waals surface area contributed by atoms with Crippen molar-refractivity contribution in [2.24, 2.45) is 0 Å². The number of nitrogens with one attached hydrogen (secondary N) is 1. The third kappa shape index (κ3) is 4.63. The van der Waals surface area contributed by atoms with Gasteiger partial charge in [-0.3, -0.25) is 9.78 Å². The average molecular weight is 337 g/mol. The number of hydrogen-bond donors (Lipinski definition) is 1. The van der Waals surface area contributed by atoms with Crippen LogP contribution in [0.3, 0.4) is 0 Å². The van der Waals surface area contributed by atoms with Crippen LogP contribution in [0, 0.1) is 0 Å². The molecule has 2 aromatic heterocycles. The van der Waals surface area contributed by atoms with Crippen molar-refractivity contribution < 1.29 is 9.53 Å². The molecule has 25 heavy (non-hydrogen) atoms. The molecule has 0 aliphatic heterocycles. The third-order valence-corrected chi connectivity index (χ3v) is 3.73. The summed E-state index contributed by atoms with van der Waals surface area (Å²) in [5, 5.41) is 11.0. The van der Waals surface area contributed by atoms with Crippen molar-refractivity contribution in [2.75, 3.05) is 7.11 Å². The van der Waals surface area contributed by atoms with Gasteiger partial charge >= 0.3 is 0 Å². The zero-order chi connectivity index (χ0) is 17.5. The zero-order valence-corrected chi connectivity index (χ0v) is 13.9. The van der Waals surface area contributed by atoms with Crippen LogP contribution in [0.4, 0.5) is 0 Å². The van der Waals surface area contributed by atoms with Gasteiger partial charge in [-0.25, -0.2) is 4.68 Å². The number of pyridine rings is 1. The van der Waals surface area contributed by atoms with Crippen LogP contribution >= 0.6 is 0 Å². The minimum absolute atomic E-state index is 0.0192. The predicted molar refractivity (Wildman–Crippen MR) is 92.3 cm³/mol. The van der Waals surface area contributed by atoms with E-state index in [1.54, 1.807) is 30.4 Å². The maximum Gasteiger partial charge on any atom is 0.220 e. The summed E-state index contributed by atoms with van der Waals surface area (Å²) in [5.74, 6) is 0.791. The van der Waals surface area contributed by atoms with Gasteiger partial charge in [-0.15, -0.1) is 5.10 Å². The number of rotatable bonds is 7. The highest BCUT2D eigenvalue weighted by atomic mass is 16.5. The molecule has 1 aromatic carbocycles. The molecule has 0 atom stereocenters. The number of nitrogens with zero attached hydrogens (tertiary/aromatic N) is 4. The summed E-state index contributed by atoms with van der Waals surface area (Å²) in [6, 6.07) is 11.4. The molecule has 3 aromatic rings. The van der Waals surface area contributed by atoms with Gasteiger partial charge in [0.15, 0.2) is 0 Å². The number of carbonyl (C=O) groups excluding carboxylic acids is 1. The Balaban J connectivity index is 1.46. The number of methoxy groups -OCH3 is 1. The monoisotopic (exact) mass is 337 g/mol. The van der Waals surface area contributed by atoms with Gasteiger partial charge in [-0.2, -0.15) is 0 Å². The molecule has 0 bridgehead atoms. The fourth-order valence-electron chi connectivity index (χ4n) is 2.33. The highest BCUT2D eigenvalue weighted by Crippen LogP contribution is 2.12. The van der Waals surface area contributed by atoms with Crippen LogP contribution in [0.25, 0.3) is 5.69 Å². The summed E-state index contributed by atoms with van der Waals surface area (Å²) in [5.41, 5.74) is 2.67. The Morgan fingerprint density at radius 3 is 2.64 bits per heavy atom. The van der Waals surface area contributed by atoms with E-state index in [1.807, 2.05) is 36.4 Å². The highest BCUT2D eigenvalue weighted by Gasteiger charge is 2.06. The second-order valence-electron chi connectivity index (χ2n) is 5.48. The first-order valence-corrected chi connectivity index (χ1v) is 7.96. The van der Waals surface area contributed by atoms with Gasteiger partial charge in [-0.05, 0) is 36.2 Å². The van der Waals surface area contributed by atoms with Crippen LogP contribution < -0.4 is 10.1 Å². The van der Waals surface area contributed by atoms with Crippen molar-refractivity contribution in [3.63, 3.8) is 0 Å². The molecule has 0 radical (unpaired) electrons.